The average molecular weight is 378 g/mol. The van der Waals surface area contributed by atoms with Crippen molar-refractivity contribution in [2.45, 2.75) is 50.5 Å². The van der Waals surface area contributed by atoms with Crippen molar-refractivity contribution in [3.05, 3.63) is 28.5 Å². The van der Waals surface area contributed by atoms with Crippen molar-refractivity contribution in [3.63, 3.8) is 0 Å². The first-order chi connectivity index (χ1) is 9.63. The van der Waals surface area contributed by atoms with Gasteiger partial charge < -0.3 is 0 Å². The van der Waals surface area contributed by atoms with E-state index in [2.05, 4.69) is 29.8 Å². The van der Waals surface area contributed by atoms with Crippen LogP contribution in [0, 0.1) is 11.2 Å². The minimum Gasteiger partial charge on any atom is -0.207 e. The first-order valence-corrected chi connectivity index (χ1v) is 9.30. The monoisotopic (exact) mass is 377 g/mol. The number of nitrogens with zero attached hydrogens (tertiary/aromatic N) is 1. The van der Waals surface area contributed by atoms with Gasteiger partial charge in [0.15, 0.2) is 0 Å². The van der Waals surface area contributed by atoms with Crippen LogP contribution >= 0.6 is 15.9 Å². The lowest BCUT2D eigenvalue weighted by Gasteiger charge is -2.38. The SMILES string of the molecule is CN(C1CCC(C)(C)CC1)S(=O)(=O)c1ccc(Br)cc1F. The number of hydrogen-bond acceptors (Lipinski definition) is 2. The van der Waals surface area contributed by atoms with E-state index in [1.807, 2.05) is 0 Å². The molecule has 0 bridgehead atoms. The topological polar surface area (TPSA) is 37.4 Å². The van der Waals surface area contributed by atoms with Gasteiger partial charge in [0.05, 0.1) is 0 Å². The number of rotatable bonds is 3. The minimum atomic E-state index is -3.79. The summed E-state index contributed by atoms with van der Waals surface area (Å²) in [5.74, 6) is -0.715. The van der Waals surface area contributed by atoms with Crippen LogP contribution in [0.25, 0.3) is 0 Å². The zero-order chi connectivity index (χ0) is 15.8. The third-order valence-corrected chi connectivity index (χ3v) is 6.81. The molecule has 1 fully saturated rings. The van der Waals surface area contributed by atoms with E-state index in [1.54, 1.807) is 13.1 Å². The third kappa shape index (κ3) is 3.66. The molecule has 2 rings (SSSR count). The van der Waals surface area contributed by atoms with E-state index in [0.717, 1.165) is 25.7 Å². The molecule has 0 spiro atoms. The summed E-state index contributed by atoms with van der Waals surface area (Å²) in [6, 6.07) is 4.00. The maximum absolute atomic E-state index is 14.0. The molecule has 0 aliphatic heterocycles. The second-order valence-corrected chi connectivity index (χ2v) is 9.37. The Kier molecular flexibility index (Phi) is 4.81. The quantitative estimate of drug-likeness (QED) is 0.792. The highest BCUT2D eigenvalue weighted by Crippen LogP contribution is 2.38. The molecule has 1 aliphatic carbocycles. The van der Waals surface area contributed by atoms with Gasteiger partial charge in [-0.25, -0.2) is 12.8 Å². The highest BCUT2D eigenvalue weighted by molar-refractivity contribution is 9.10. The fourth-order valence-corrected chi connectivity index (χ4v) is 4.58. The minimum absolute atomic E-state index is 0.0499. The lowest BCUT2D eigenvalue weighted by Crippen LogP contribution is -2.41. The molecule has 0 amide bonds. The summed E-state index contributed by atoms with van der Waals surface area (Å²) in [6.45, 7) is 4.40. The van der Waals surface area contributed by atoms with Crippen LogP contribution in [0.2, 0.25) is 0 Å². The molecular weight excluding hydrogens is 357 g/mol. The maximum atomic E-state index is 14.0. The highest BCUT2D eigenvalue weighted by Gasteiger charge is 2.35. The molecule has 1 saturated carbocycles. The standard InChI is InChI=1S/C15H21BrFNO2S/c1-15(2)8-6-12(7-9-15)18(3)21(19,20)14-5-4-11(16)10-13(14)17/h4-5,10,12H,6-9H2,1-3H3. The molecule has 1 aromatic rings. The van der Waals surface area contributed by atoms with Gasteiger partial charge in [0, 0.05) is 17.6 Å². The Bertz CT molecular complexity index is 621. The molecule has 118 valence electrons. The summed E-state index contributed by atoms with van der Waals surface area (Å²) in [7, 11) is -2.23. The Morgan fingerprint density at radius 2 is 1.86 bits per heavy atom. The van der Waals surface area contributed by atoms with Crippen LogP contribution in [0.1, 0.15) is 39.5 Å². The molecule has 0 saturated heterocycles. The van der Waals surface area contributed by atoms with Crippen LogP contribution in [-0.2, 0) is 10.0 Å². The van der Waals surface area contributed by atoms with E-state index in [1.165, 1.54) is 16.4 Å². The predicted molar refractivity (Wildman–Crippen MR) is 85.1 cm³/mol. The number of halogens is 2. The number of sulfonamides is 1. The van der Waals surface area contributed by atoms with Crippen LogP contribution < -0.4 is 0 Å². The van der Waals surface area contributed by atoms with E-state index in [9.17, 15) is 12.8 Å². The van der Waals surface area contributed by atoms with Gasteiger partial charge in [-0.05, 0) is 49.3 Å². The van der Waals surface area contributed by atoms with E-state index >= 15 is 0 Å². The average Bonchev–Trinajstić information content (AvgIpc) is 2.37. The molecule has 1 aliphatic rings. The van der Waals surface area contributed by atoms with Crippen molar-refractivity contribution < 1.29 is 12.8 Å². The van der Waals surface area contributed by atoms with Crippen LogP contribution in [0.3, 0.4) is 0 Å². The normalized spacial score (nSPS) is 19.9. The van der Waals surface area contributed by atoms with Crippen LogP contribution in [0.4, 0.5) is 4.39 Å². The Morgan fingerprint density at radius 1 is 1.29 bits per heavy atom. The molecule has 0 radical (unpaired) electrons. The van der Waals surface area contributed by atoms with Gasteiger partial charge in [-0.3, -0.25) is 0 Å². The van der Waals surface area contributed by atoms with Crippen LogP contribution in [0.15, 0.2) is 27.6 Å². The molecule has 0 aromatic heterocycles. The van der Waals surface area contributed by atoms with Gasteiger partial charge in [-0.1, -0.05) is 29.8 Å². The summed E-state index contributed by atoms with van der Waals surface area (Å²) in [4.78, 5) is -0.252. The first kappa shape index (κ1) is 16.9. The predicted octanol–water partition coefficient (Wildman–Crippen LogP) is 4.18. The molecule has 1 aromatic carbocycles. The van der Waals surface area contributed by atoms with Gasteiger partial charge in [-0.2, -0.15) is 4.31 Å². The Hall–Kier alpha value is -0.460. The zero-order valence-electron chi connectivity index (χ0n) is 12.6. The van der Waals surface area contributed by atoms with Crippen molar-refractivity contribution in [2.24, 2.45) is 5.41 Å². The third-order valence-electron chi connectivity index (χ3n) is 4.37. The second kappa shape index (κ2) is 5.97. The Labute approximate surface area is 134 Å². The highest BCUT2D eigenvalue weighted by atomic mass is 79.9. The molecule has 0 heterocycles. The molecule has 3 nitrogen and oxygen atoms in total. The lowest BCUT2D eigenvalue weighted by atomic mass is 9.76. The van der Waals surface area contributed by atoms with E-state index < -0.39 is 15.8 Å². The van der Waals surface area contributed by atoms with Gasteiger partial charge in [0.2, 0.25) is 10.0 Å². The summed E-state index contributed by atoms with van der Waals surface area (Å²) >= 11 is 3.14. The smallest absolute Gasteiger partial charge is 0.207 e. The fraction of sp³-hybridized carbons (Fsp3) is 0.600. The lowest BCUT2D eigenvalue weighted by molar-refractivity contribution is 0.174. The summed E-state index contributed by atoms with van der Waals surface area (Å²) < 4.78 is 41.0. The second-order valence-electron chi connectivity index (χ2n) is 6.49. The fourth-order valence-electron chi connectivity index (χ4n) is 2.78. The van der Waals surface area contributed by atoms with Crippen molar-refractivity contribution >= 4 is 26.0 Å². The summed E-state index contributed by atoms with van der Waals surface area (Å²) in [5, 5.41) is 0. The van der Waals surface area contributed by atoms with Gasteiger partial charge >= 0.3 is 0 Å². The zero-order valence-corrected chi connectivity index (χ0v) is 15.0. The molecule has 0 N–H and O–H groups in total. The van der Waals surface area contributed by atoms with Crippen molar-refractivity contribution in [1.29, 1.82) is 0 Å². The van der Waals surface area contributed by atoms with Gasteiger partial charge in [0.25, 0.3) is 0 Å². The van der Waals surface area contributed by atoms with Crippen LogP contribution in [-0.4, -0.2) is 25.8 Å². The molecule has 0 atom stereocenters. The summed E-state index contributed by atoms with van der Waals surface area (Å²) in [5.41, 5.74) is 0.268. The van der Waals surface area contributed by atoms with E-state index in [-0.39, 0.29) is 16.4 Å². The maximum Gasteiger partial charge on any atom is 0.245 e. The molecule has 21 heavy (non-hydrogen) atoms. The molecule has 6 heteroatoms. The number of hydrogen-bond donors (Lipinski definition) is 0. The van der Waals surface area contributed by atoms with Crippen LogP contribution in [0.5, 0.6) is 0 Å². The largest absolute Gasteiger partial charge is 0.245 e. The van der Waals surface area contributed by atoms with Crippen molar-refractivity contribution in [2.75, 3.05) is 7.05 Å². The van der Waals surface area contributed by atoms with Crippen molar-refractivity contribution in [3.8, 4) is 0 Å². The van der Waals surface area contributed by atoms with Gasteiger partial charge in [-0.15, -0.1) is 0 Å². The summed E-state index contributed by atoms with van der Waals surface area (Å²) in [6.07, 6.45) is 3.61. The number of benzene rings is 1. The molecular formula is C15H21BrFNO2S. The van der Waals surface area contributed by atoms with E-state index in [0.29, 0.717) is 4.47 Å². The van der Waals surface area contributed by atoms with Gasteiger partial charge in [0.1, 0.15) is 10.7 Å². The molecule has 0 unspecified atom stereocenters. The van der Waals surface area contributed by atoms with Crippen molar-refractivity contribution in [1.82, 2.24) is 4.31 Å². The Morgan fingerprint density at radius 3 is 2.38 bits per heavy atom. The van der Waals surface area contributed by atoms with E-state index in [4.69, 9.17) is 0 Å². The first-order valence-electron chi connectivity index (χ1n) is 7.07. The Balaban J connectivity index is 2.23.